The minimum atomic E-state index is -2.41. The number of nitrogens with zero attached hydrogens (tertiary/aromatic N) is 2. The maximum atomic E-state index is 11.7. The highest BCUT2D eigenvalue weighted by Crippen LogP contribution is 2.14. The number of guanidine groups is 1. The zero-order valence-corrected chi connectivity index (χ0v) is 13.0. The SMILES string of the molecule is NC(N)=NCCCC(N)(O)C(=O)OOC(=O)c1ccc([N+](=O)[O-])cc1. The predicted octanol–water partition coefficient (Wildman–Crippen LogP) is -1.09. The van der Waals surface area contributed by atoms with Crippen LogP contribution in [0.1, 0.15) is 23.2 Å². The lowest BCUT2D eigenvalue weighted by Crippen LogP contribution is -2.49. The van der Waals surface area contributed by atoms with Crippen LogP contribution < -0.4 is 17.2 Å². The summed E-state index contributed by atoms with van der Waals surface area (Å²) in [5.41, 5.74) is 12.8. The van der Waals surface area contributed by atoms with Crippen molar-refractivity contribution in [3.8, 4) is 0 Å². The van der Waals surface area contributed by atoms with Crippen LogP contribution in [0.25, 0.3) is 0 Å². The lowest BCUT2D eigenvalue weighted by Gasteiger charge is -2.18. The number of nitrogens with two attached hydrogens (primary N) is 3. The van der Waals surface area contributed by atoms with E-state index in [0.29, 0.717) is 0 Å². The second-order valence-electron chi connectivity index (χ2n) is 4.88. The van der Waals surface area contributed by atoms with Crippen LogP contribution in [-0.2, 0) is 14.6 Å². The van der Waals surface area contributed by atoms with Crippen LogP contribution in [0.4, 0.5) is 5.69 Å². The van der Waals surface area contributed by atoms with Crippen molar-refractivity contribution in [2.24, 2.45) is 22.2 Å². The molecule has 0 spiro atoms. The zero-order chi connectivity index (χ0) is 19.0. The lowest BCUT2D eigenvalue weighted by molar-refractivity contribution is -0.384. The largest absolute Gasteiger partial charge is 0.401 e. The fourth-order valence-electron chi connectivity index (χ4n) is 1.57. The summed E-state index contributed by atoms with van der Waals surface area (Å²) < 4.78 is 0. The highest BCUT2D eigenvalue weighted by atomic mass is 17.2. The molecule has 0 saturated heterocycles. The Morgan fingerprint density at radius 1 is 1.24 bits per heavy atom. The summed E-state index contributed by atoms with van der Waals surface area (Å²) in [6.45, 7) is 0.123. The molecule has 136 valence electrons. The van der Waals surface area contributed by atoms with Gasteiger partial charge in [0.2, 0.25) is 5.72 Å². The van der Waals surface area contributed by atoms with Crippen LogP contribution in [0.3, 0.4) is 0 Å². The van der Waals surface area contributed by atoms with E-state index < -0.39 is 22.6 Å². The second kappa shape index (κ2) is 8.56. The van der Waals surface area contributed by atoms with Gasteiger partial charge in [-0.05, 0) is 18.6 Å². The molecule has 1 aromatic rings. The maximum Gasteiger partial charge on any atom is 0.401 e. The number of aliphatic imine (C=N–C) groups is 1. The first-order valence-electron chi connectivity index (χ1n) is 6.88. The molecule has 25 heavy (non-hydrogen) atoms. The molecule has 1 rings (SSSR count). The van der Waals surface area contributed by atoms with Gasteiger partial charge in [0.15, 0.2) is 5.96 Å². The van der Waals surface area contributed by atoms with Crippen LogP contribution in [0, 0.1) is 10.1 Å². The first kappa shape index (κ1) is 19.8. The van der Waals surface area contributed by atoms with Gasteiger partial charge < -0.3 is 16.6 Å². The summed E-state index contributed by atoms with van der Waals surface area (Å²) >= 11 is 0. The summed E-state index contributed by atoms with van der Waals surface area (Å²) in [6.07, 6.45) is -0.0893. The van der Waals surface area contributed by atoms with E-state index in [0.717, 1.165) is 24.3 Å². The molecule has 0 aliphatic heterocycles. The predicted molar refractivity (Wildman–Crippen MR) is 83.7 cm³/mol. The summed E-state index contributed by atoms with van der Waals surface area (Å²) in [6, 6.07) is 4.36. The molecule has 1 atom stereocenters. The van der Waals surface area contributed by atoms with Gasteiger partial charge in [-0.2, -0.15) is 0 Å². The third kappa shape index (κ3) is 6.40. The summed E-state index contributed by atoms with van der Waals surface area (Å²) in [5.74, 6) is -2.65. The van der Waals surface area contributed by atoms with E-state index >= 15 is 0 Å². The molecule has 1 aromatic carbocycles. The van der Waals surface area contributed by atoms with Gasteiger partial charge in [0.25, 0.3) is 5.69 Å². The van der Waals surface area contributed by atoms with Crippen LogP contribution in [0.5, 0.6) is 0 Å². The molecule has 7 N–H and O–H groups in total. The fourth-order valence-corrected chi connectivity index (χ4v) is 1.57. The highest BCUT2D eigenvalue weighted by Gasteiger charge is 2.34. The van der Waals surface area contributed by atoms with Crippen LogP contribution in [0.2, 0.25) is 0 Å². The third-order valence-corrected chi connectivity index (χ3v) is 2.87. The average Bonchev–Trinajstić information content (AvgIpc) is 2.56. The summed E-state index contributed by atoms with van der Waals surface area (Å²) in [7, 11) is 0. The Hall–Kier alpha value is -3.25. The molecule has 0 radical (unpaired) electrons. The Kier molecular flexibility index (Phi) is 6.78. The summed E-state index contributed by atoms with van der Waals surface area (Å²) in [5, 5.41) is 20.3. The van der Waals surface area contributed by atoms with E-state index in [1.165, 1.54) is 0 Å². The molecule has 0 saturated carbocycles. The monoisotopic (exact) mass is 355 g/mol. The number of carbonyl (C=O) groups excluding carboxylic acids is 2. The Labute approximate surface area is 141 Å². The molecular weight excluding hydrogens is 338 g/mol. The first-order valence-corrected chi connectivity index (χ1v) is 6.88. The first-order chi connectivity index (χ1) is 11.6. The number of aliphatic hydroxyl groups is 1. The van der Waals surface area contributed by atoms with Crippen LogP contribution >= 0.6 is 0 Å². The van der Waals surface area contributed by atoms with Crippen molar-refractivity contribution in [2.45, 2.75) is 18.6 Å². The summed E-state index contributed by atoms with van der Waals surface area (Å²) in [4.78, 5) is 45.2. The van der Waals surface area contributed by atoms with Crippen molar-refractivity contribution in [2.75, 3.05) is 6.54 Å². The molecule has 12 heteroatoms. The van der Waals surface area contributed by atoms with E-state index in [1.807, 2.05) is 0 Å². The maximum absolute atomic E-state index is 11.7. The number of non-ortho nitro benzene ring substituents is 1. The molecule has 1 unspecified atom stereocenters. The molecule has 0 fully saturated rings. The smallest absolute Gasteiger partial charge is 0.370 e. The Balaban J connectivity index is 2.52. The number of hydrogen-bond donors (Lipinski definition) is 4. The topological polar surface area (TPSA) is 206 Å². The third-order valence-electron chi connectivity index (χ3n) is 2.87. The molecule has 0 bridgehead atoms. The fraction of sp³-hybridized carbons (Fsp3) is 0.308. The van der Waals surface area contributed by atoms with Gasteiger partial charge in [-0.15, -0.1) is 0 Å². The van der Waals surface area contributed by atoms with Crippen LogP contribution in [0.15, 0.2) is 29.3 Å². The molecule has 0 aliphatic carbocycles. The van der Waals surface area contributed by atoms with E-state index in [4.69, 9.17) is 17.2 Å². The van der Waals surface area contributed by atoms with Gasteiger partial charge in [-0.1, -0.05) is 0 Å². The molecule has 0 amide bonds. The highest BCUT2D eigenvalue weighted by molar-refractivity contribution is 5.90. The zero-order valence-electron chi connectivity index (χ0n) is 13.0. The van der Waals surface area contributed by atoms with E-state index in [9.17, 15) is 24.8 Å². The molecule has 0 aliphatic rings. The van der Waals surface area contributed by atoms with Crippen LogP contribution in [-0.4, -0.2) is 40.2 Å². The van der Waals surface area contributed by atoms with Crippen molar-refractivity contribution in [1.29, 1.82) is 0 Å². The lowest BCUT2D eigenvalue weighted by atomic mass is 10.1. The molecule has 12 nitrogen and oxygen atoms in total. The number of carbonyl (C=O) groups is 2. The normalized spacial score (nSPS) is 12.6. The van der Waals surface area contributed by atoms with Gasteiger partial charge in [0, 0.05) is 25.1 Å². The molecular formula is C13H17N5O7. The number of nitro benzene ring substituents is 1. The van der Waals surface area contributed by atoms with Crippen molar-refractivity contribution in [3.63, 3.8) is 0 Å². The minimum absolute atomic E-state index is 0.105. The Morgan fingerprint density at radius 3 is 2.36 bits per heavy atom. The van der Waals surface area contributed by atoms with Gasteiger partial charge in [-0.3, -0.25) is 20.8 Å². The van der Waals surface area contributed by atoms with Gasteiger partial charge in [0.05, 0.1) is 10.5 Å². The van der Waals surface area contributed by atoms with Gasteiger partial charge in [0.1, 0.15) is 0 Å². The average molecular weight is 355 g/mol. The van der Waals surface area contributed by atoms with E-state index in [-0.39, 0.29) is 36.6 Å². The Bertz CT molecular complexity index is 668. The minimum Gasteiger partial charge on any atom is -0.370 e. The molecule has 0 heterocycles. The van der Waals surface area contributed by atoms with Crippen molar-refractivity contribution in [3.05, 3.63) is 39.9 Å². The number of benzene rings is 1. The number of nitro groups is 1. The standard InChI is InChI=1S/C13H17N5O7/c14-12(15)17-7-1-6-13(16,21)11(20)25-24-10(19)8-2-4-9(5-3-8)18(22)23/h2-5,21H,1,6-7,16H2,(H4,14,15,17). The quantitative estimate of drug-likeness (QED) is 0.0883. The Morgan fingerprint density at radius 2 is 1.84 bits per heavy atom. The van der Waals surface area contributed by atoms with E-state index in [1.54, 1.807) is 0 Å². The number of hydrogen-bond acceptors (Lipinski definition) is 9. The van der Waals surface area contributed by atoms with Crippen molar-refractivity contribution >= 4 is 23.6 Å². The van der Waals surface area contributed by atoms with Crippen molar-refractivity contribution in [1.82, 2.24) is 0 Å². The van der Waals surface area contributed by atoms with E-state index in [2.05, 4.69) is 14.8 Å². The van der Waals surface area contributed by atoms with Crippen molar-refractivity contribution < 1.29 is 29.4 Å². The molecule has 0 aromatic heterocycles. The second-order valence-corrected chi connectivity index (χ2v) is 4.88. The van der Waals surface area contributed by atoms with Gasteiger partial charge in [-0.25, -0.2) is 19.4 Å². The van der Waals surface area contributed by atoms with Gasteiger partial charge >= 0.3 is 11.9 Å². The number of rotatable bonds is 7.